The lowest BCUT2D eigenvalue weighted by Gasteiger charge is -2.27. The van der Waals surface area contributed by atoms with Crippen LogP contribution in [0, 0.1) is 0 Å². The largest absolute Gasteiger partial charge is 0.508 e. The number of fused-ring (bicyclic) bond motifs is 1. The molecule has 1 aliphatic rings. The fourth-order valence-electron chi connectivity index (χ4n) is 4.10. The third-order valence-corrected chi connectivity index (χ3v) is 5.55. The van der Waals surface area contributed by atoms with E-state index in [-0.39, 0.29) is 11.7 Å². The predicted molar refractivity (Wildman–Crippen MR) is 118 cm³/mol. The number of ether oxygens (including phenoxy) is 1. The Kier molecular flexibility index (Phi) is 6.23. The number of nitrogens with zero attached hydrogens (tertiary/aromatic N) is 3. The van der Waals surface area contributed by atoms with Crippen molar-refractivity contribution >= 4 is 5.91 Å². The van der Waals surface area contributed by atoms with Gasteiger partial charge in [0.15, 0.2) is 5.69 Å². The normalized spacial score (nSPS) is 13.6. The third kappa shape index (κ3) is 4.72. The number of phenols is 1. The van der Waals surface area contributed by atoms with Gasteiger partial charge in [0.2, 0.25) is 0 Å². The molecule has 2 N–H and O–H groups in total. The first-order chi connectivity index (χ1) is 15.1. The lowest BCUT2D eigenvalue weighted by molar-refractivity contribution is 0.0947. The number of hydrogen-bond acceptors (Lipinski definition) is 5. The minimum Gasteiger partial charge on any atom is -0.508 e. The monoisotopic (exact) mass is 420 g/mol. The molecule has 0 unspecified atom stereocenters. The quantitative estimate of drug-likeness (QED) is 0.614. The molecule has 2 aromatic carbocycles. The molecule has 1 aliphatic heterocycles. The highest BCUT2D eigenvalue weighted by atomic mass is 16.5. The molecule has 0 saturated carbocycles. The van der Waals surface area contributed by atoms with Crippen LogP contribution in [0.15, 0.2) is 48.5 Å². The molecule has 0 atom stereocenters. The van der Waals surface area contributed by atoms with E-state index in [1.54, 1.807) is 19.2 Å². The van der Waals surface area contributed by atoms with Crippen molar-refractivity contribution in [3.63, 3.8) is 0 Å². The molecule has 0 bridgehead atoms. The van der Waals surface area contributed by atoms with Crippen LogP contribution in [0.3, 0.4) is 0 Å². The fourth-order valence-corrected chi connectivity index (χ4v) is 4.10. The first-order valence-corrected chi connectivity index (χ1v) is 10.6. The van der Waals surface area contributed by atoms with E-state index in [9.17, 15) is 9.90 Å². The molecule has 0 aliphatic carbocycles. The number of carbonyl (C=O) groups excluding carboxylic acids is 1. The number of nitrogens with one attached hydrogen (secondary N) is 1. The third-order valence-electron chi connectivity index (χ3n) is 5.55. The van der Waals surface area contributed by atoms with Crippen LogP contribution in [0.25, 0.3) is 0 Å². The Morgan fingerprint density at radius 2 is 1.94 bits per heavy atom. The minimum atomic E-state index is -0.137. The van der Waals surface area contributed by atoms with Gasteiger partial charge >= 0.3 is 0 Å². The minimum absolute atomic E-state index is 0.137. The topological polar surface area (TPSA) is 79.6 Å². The van der Waals surface area contributed by atoms with Crippen LogP contribution >= 0.6 is 0 Å². The summed E-state index contributed by atoms with van der Waals surface area (Å²) in [4.78, 5) is 15.0. The zero-order valence-electron chi connectivity index (χ0n) is 18.0. The number of aromatic hydroxyl groups is 1. The van der Waals surface area contributed by atoms with Crippen LogP contribution in [-0.2, 0) is 26.1 Å². The zero-order valence-corrected chi connectivity index (χ0v) is 18.0. The lowest BCUT2D eigenvalue weighted by atomic mass is 10.0. The van der Waals surface area contributed by atoms with Crippen molar-refractivity contribution in [2.45, 2.75) is 33.0 Å². The second-order valence-corrected chi connectivity index (χ2v) is 7.77. The van der Waals surface area contributed by atoms with Crippen LogP contribution in [0.2, 0.25) is 0 Å². The smallest absolute Gasteiger partial charge is 0.272 e. The predicted octanol–water partition coefficient (Wildman–Crippen LogP) is 2.95. The molecule has 2 heterocycles. The summed E-state index contributed by atoms with van der Waals surface area (Å²) in [6.07, 6.45) is 0.810. The van der Waals surface area contributed by atoms with Crippen LogP contribution in [-0.4, -0.2) is 45.9 Å². The van der Waals surface area contributed by atoms with E-state index in [2.05, 4.69) is 10.2 Å². The van der Waals surface area contributed by atoms with Gasteiger partial charge in [0, 0.05) is 43.9 Å². The highest BCUT2D eigenvalue weighted by Crippen LogP contribution is 2.26. The SMILES string of the molecule is CCNC(=O)c1nn(Cc2cccc(OC)c2)c2c1CN(Cc1cccc(O)c1)CC2. The molecule has 3 aromatic rings. The van der Waals surface area contributed by atoms with Gasteiger partial charge in [-0.15, -0.1) is 0 Å². The van der Waals surface area contributed by atoms with E-state index in [1.807, 2.05) is 48.0 Å². The number of rotatable bonds is 7. The average Bonchev–Trinajstić information content (AvgIpc) is 3.12. The Hall–Kier alpha value is -3.32. The van der Waals surface area contributed by atoms with Gasteiger partial charge in [-0.05, 0) is 42.3 Å². The van der Waals surface area contributed by atoms with Crippen LogP contribution in [0.4, 0.5) is 0 Å². The number of phenolic OH excluding ortho intramolecular Hbond substituents is 1. The highest BCUT2D eigenvalue weighted by Gasteiger charge is 2.28. The maximum atomic E-state index is 12.7. The van der Waals surface area contributed by atoms with Gasteiger partial charge in [-0.25, -0.2) is 0 Å². The van der Waals surface area contributed by atoms with E-state index >= 15 is 0 Å². The number of aromatic nitrogens is 2. The molecule has 0 fully saturated rings. The van der Waals surface area contributed by atoms with E-state index < -0.39 is 0 Å². The van der Waals surface area contributed by atoms with E-state index in [0.717, 1.165) is 41.1 Å². The number of methoxy groups -OCH3 is 1. The molecule has 0 spiro atoms. The van der Waals surface area contributed by atoms with Crippen molar-refractivity contribution in [3.05, 3.63) is 76.6 Å². The van der Waals surface area contributed by atoms with Crippen molar-refractivity contribution in [1.82, 2.24) is 20.0 Å². The summed E-state index contributed by atoms with van der Waals surface area (Å²) < 4.78 is 7.30. The van der Waals surface area contributed by atoms with Gasteiger partial charge in [0.1, 0.15) is 11.5 Å². The molecule has 1 aromatic heterocycles. The van der Waals surface area contributed by atoms with Crippen LogP contribution in [0.5, 0.6) is 11.5 Å². The standard InChI is InChI=1S/C24H28N4O3/c1-3-25-24(30)23-21-16-27(14-17-6-4-8-19(29)12-17)11-10-22(21)28(26-23)15-18-7-5-9-20(13-18)31-2/h4-9,12-13,29H,3,10-11,14-16H2,1-2H3,(H,25,30). The first-order valence-electron chi connectivity index (χ1n) is 10.6. The Morgan fingerprint density at radius 1 is 1.16 bits per heavy atom. The molecule has 0 radical (unpaired) electrons. The number of carbonyl (C=O) groups is 1. The molecular weight excluding hydrogens is 392 g/mol. The molecule has 162 valence electrons. The van der Waals surface area contributed by atoms with Crippen molar-refractivity contribution in [3.8, 4) is 11.5 Å². The van der Waals surface area contributed by atoms with Gasteiger partial charge in [-0.3, -0.25) is 14.4 Å². The Balaban J connectivity index is 1.61. The van der Waals surface area contributed by atoms with Crippen molar-refractivity contribution in [1.29, 1.82) is 0 Å². The van der Waals surface area contributed by atoms with E-state index in [4.69, 9.17) is 9.84 Å². The van der Waals surface area contributed by atoms with Crippen LogP contribution < -0.4 is 10.1 Å². The molecule has 31 heavy (non-hydrogen) atoms. The molecule has 7 nitrogen and oxygen atoms in total. The van der Waals surface area contributed by atoms with Gasteiger partial charge in [0.05, 0.1) is 13.7 Å². The second-order valence-electron chi connectivity index (χ2n) is 7.77. The van der Waals surface area contributed by atoms with E-state index in [0.29, 0.717) is 31.9 Å². The molecule has 4 rings (SSSR count). The summed E-state index contributed by atoms with van der Waals surface area (Å²) in [7, 11) is 1.66. The first kappa shape index (κ1) is 20.9. The maximum Gasteiger partial charge on any atom is 0.272 e. The second kappa shape index (κ2) is 9.22. The van der Waals surface area contributed by atoms with Crippen molar-refractivity contribution in [2.75, 3.05) is 20.2 Å². The molecule has 7 heteroatoms. The maximum absolute atomic E-state index is 12.7. The van der Waals surface area contributed by atoms with Crippen molar-refractivity contribution < 1.29 is 14.6 Å². The number of amides is 1. The Bertz CT molecular complexity index is 1080. The van der Waals surface area contributed by atoms with Gasteiger partial charge in [-0.2, -0.15) is 5.10 Å². The zero-order chi connectivity index (χ0) is 21.8. The molecular formula is C24H28N4O3. The van der Waals surface area contributed by atoms with Gasteiger partial charge in [-0.1, -0.05) is 24.3 Å². The number of hydrogen-bond donors (Lipinski definition) is 2. The lowest BCUT2D eigenvalue weighted by Crippen LogP contribution is -2.32. The summed E-state index contributed by atoms with van der Waals surface area (Å²) in [6.45, 7) is 5.28. The fraction of sp³-hybridized carbons (Fsp3) is 0.333. The van der Waals surface area contributed by atoms with Gasteiger partial charge in [0.25, 0.3) is 5.91 Å². The van der Waals surface area contributed by atoms with Gasteiger partial charge < -0.3 is 15.2 Å². The summed E-state index contributed by atoms with van der Waals surface area (Å²) in [5.74, 6) is 0.937. The van der Waals surface area contributed by atoms with Crippen molar-refractivity contribution in [2.24, 2.45) is 0 Å². The summed E-state index contributed by atoms with van der Waals surface area (Å²) in [6, 6.07) is 15.2. The highest BCUT2D eigenvalue weighted by molar-refractivity contribution is 5.94. The Labute approximate surface area is 182 Å². The average molecular weight is 421 g/mol. The molecule has 0 saturated heterocycles. The van der Waals surface area contributed by atoms with Crippen LogP contribution in [0.1, 0.15) is 39.8 Å². The van der Waals surface area contributed by atoms with E-state index in [1.165, 1.54) is 0 Å². The Morgan fingerprint density at radius 3 is 2.68 bits per heavy atom. The summed E-state index contributed by atoms with van der Waals surface area (Å²) in [5, 5.41) is 17.4. The summed E-state index contributed by atoms with van der Waals surface area (Å²) in [5.41, 5.74) is 4.72. The molecule has 1 amide bonds. The summed E-state index contributed by atoms with van der Waals surface area (Å²) >= 11 is 0. The number of benzene rings is 2.